The summed E-state index contributed by atoms with van der Waals surface area (Å²) in [6.07, 6.45) is -2.79. The first-order chi connectivity index (χ1) is 9.75. The molecule has 0 aromatic heterocycles. The molecule has 116 valence electrons. The highest BCUT2D eigenvalue weighted by molar-refractivity contribution is 9.10. The van der Waals surface area contributed by atoms with Gasteiger partial charge in [0.25, 0.3) is 6.43 Å². The maximum absolute atomic E-state index is 13.9. The van der Waals surface area contributed by atoms with Crippen molar-refractivity contribution >= 4 is 21.8 Å². The quantitative estimate of drug-likeness (QED) is 0.801. The van der Waals surface area contributed by atoms with Crippen molar-refractivity contribution in [2.75, 3.05) is 13.2 Å². The van der Waals surface area contributed by atoms with Gasteiger partial charge in [-0.2, -0.15) is 0 Å². The molecule has 2 rings (SSSR count). The van der Waals surface area contributed by atoms with Crippen LogP contribution in [0.1, 0.15) is 19.4 Å². The second-order valence-corrected chi connectivity index (χ2v) is 6.29. The maximum atomic E-state index is 13.9. The molecule has 3 nitrogen and oxygen atoms in total. The zero-order chi connectivity index (χ0) is 15.8. The molecule has 0 spiro atoms. The van der Waals surface area contributed by atoms with Crippen LogP contribution in [0.5, 0.6) is 5.75 Å². The lowest BCUT2D eigenvalue weighted by atomic mass is 9.92. The van der Waals surface area contributed by atoms with Crippen LogP contribution >= 0.6 is 15.9 Å². The van der Waals surface area contributed by atoms with Crippen molar-refractivity contribution in [3.05, 3.63) is 28.0 Å². The maximum Gasteiger partial charge on any atom is 0.252 e. The second kappa shape index (κ2) is 5.87. The van der Waals surface area contributed by atoms with Gasteiger partial charge < -0.3 is 9.64 Å². The number of hydrogen-bond acceptors (Lipinski definition) is 2. The summed E-state index contributed by atoms with van der Waals surface area (Å²) in [6.45, 7) is 2.54. The average Bonchev–Trinajstić information content (AvgIpc) is 2.65. The van der Waals surface area contributed by atoms with E-state index in [-0.39, 0.29) is 25.3 Å². The molecule has 0 bridgehead atoms. The van der Waals surface area contributed by atoms with Gasteiger partial charge in [-0.05, 0) is 41.9 Å². The number of benzene rings is 1. The number of ether oxygens (including phenoxy) is 1. The summed E-state index contributed by atoms with van der Waals surface area (Å²) < 4.78 is 45.9. The van der Waals surface area contributed by atoms with Crippen LogP contribution < -0.4 is 4.74 Å². The first-order valence-corrected chi connectivity index (χ1v) is 7.21. The Hall–Kier alpha value is -1.24. The van der Waals surface area contributed by atoms with E-state index in [1.807, 2.05) is 0 Å². The van der Waals surface area contributed by atoms with Crippen LogP contribution in [0.15, 0.2) is 16.6 Å². The molecule has 0 N–H and O–H groups in total. The summed E-state index contributed by atoms with van der Waals surface area (Å²) in [4.78, 5) is 13.5. The highest BCUT2D eigenvalue weighted by Gasteiger charge is 2.41. The topological polar surface area (TPSA) is 29.5 Å². The fourth-order valence-corrected chi connectivity index (χ4v) is 2.57. The van der Waals surface area contributed by atoms with E-state index in [2.05, 4.69) is 15.9 Å². The highest BCUT2D eigenvalue weighted by atomic mass is 79.9. The van der Waals surface area contributed by atoms with Gasteiger partial charge in [0.15, 0.2) is 0 Å². The van der Waals surface area contributed by atoms with E-state index in [4.69, 9.17) is 4.74 Å². The average molecular weight is 366 g/mol. The number of nitrogens with zero attached hydrogens (tertiary/aromatic N) is 1. The lowest BCUT2D eigenvalue weighted by Gasteiger charge is -2.30. The monoisotopic (exact) mass is 365 g/mol. The number of amides is 1. The standard InChI is InChI=1S/C14H15BrF3NO2/c1-14(2,12(17)18)13(20)19-5-6-21-11-8(7-19)10(16)4-3-9(11)15/h3-4,12H,5-7H2,1-2H3. The van der Waals surface area contributed by atoms with Crippen molar-refractivity contribution in [3.63, 3.8) is 0 Å². The van der Waals surface area contributed by atoms with Crippen LogP contribution in [0.2, 0.25) is 0 Å². The Morgan fingerprint density at radius 3 is 2.71 bits per heavy atom. The van der Waals surface area contributed by atoms with Crippen molar-refractivity contribution < 1.29 is 22.7 Å². The first-order valence-electron chi connectivity index (χ1n) is 6.42. The van der Waals surface area contributed by atoms with Gasteiger partial charge in [0.1, 0.15) is 23.6 Å². The minimum absolute atomic E-state index is 0.0877. The van der Waals surface area contributed by atoms with Crippen LogP contribution in [0.4, 0.5) is 13.2 Å². The Morgan fingerprint density at radius 2 is 2.10 bits per heavy atom. The molecule has 1 amide bonds. The molecular formula is C14H15BrF3NO2. The van der Waals surface area contributed by atoms with Gasteiger partial charge in [0.05, 0.1) is 23.1 Å². The van der Waals surface area contributed by atoms with E-state index in [0.717, 1.165) is 0 Å². The molecule has 0 saturated carbocycles. The molecule has 1 heterocycles. The van der Waals surface area contributed by atoms with E-state index < -0.39 is 23.6 Å². The summed E-state index contributed by atoms with van der Waals surface area (Å²) >= 11 is 3.26. The minimum atomic E-state index is -2.79. The predicted octanol–water partition coefficient (Wildman–Crippen LogP) is 3.60. The summed E-state index contributed by atoms with van der Waals surface area (Å²) in [7, 11) is 0. The fraction of sp³-hybridized carbons (Fsp3) is 0.500. The molecular weight excluding hydrogens is 351 g/mol. The normalized spacial score (nSPS) is 15.5. The first kappa shape index (κ1) is 16.1. The molecule has 0 radical (unpaired) electrons. The van der Waals surface area contributed by atoms with Crippen LogP contribution in [0, 0.1) is 11.2 Å². The number of alkyl halides is 2. The number of halogens is 4. The van der Waals surface area contributed by atoms with Crippen LogP contribution in [-0.4, -0.2) is 30.4 Å². The third-order valence-corrected chi connectivity index (χ3v) is 4.12. The second-order valence-electron chi connectivity index (χ2n) is 5.43. The molecule has 1 aliphatic rings. The Kier molecular flexibility index (Phi) is 4.51. The van der Waals surface area contributed by atoms with Crippen LogP contribution in [0.25, 0.3) is 0 Å². The van der Waals surface area contributed by atoms with E-state index >= 15 is 0 Å². The largest absolute Gasteiger partial charge is 0.490 e. The molecule has 0 unspecified atom stereocenters. The molecule has 0 atom stereocenters. The molecule has 7 heteroatoms. The van der Waals surface area contributed by atoms with E-state index in [1.165, 1.54) is 30.9 Å². The van der Waals surface area contributed by atoms with E-state index in [9.17, 15) is 18.0 Å². The smallest absolute Gasteiger partial charge is 0.252 e. The van der Waals surface area contributed by atoms with Crippen molar-refractivity contribution in [1.29, 1.82) is 0 Å². The third-order valence-electron chi connectivity index (χ3n) is 3.50. The lowest BCUT2D eigenvalue weighted by Crippen LogP contribution is -2.45. The van der Waals surface area contributed by atoms with E-state index in [0.29, 0.717) is 10.2 Å². The van der Waals surface area contributed by atoms with Gasteiger partial charge in [0, 0.05) is 0 Å². The molecule has 1 aromatic carbocycles. The Morgan fingerprint density at radius 1 is 1.43 bits per heavy atom. The van der Waals surface area contributed by atoms with Gasteiger partial charge in [-0.15, -0.1) is 0 Å². The van der Waals surface area contributed by atoms with E-state index in [1.54, 1.807) is 0 Å². The number of fused-ring (bicyclic) bond motifs is 1. The summed E-state index contributed by atoms with van der Waals surface area (Å²) in [5, 5.41) is 0. The van der Waals surface area contributed by atoms with Gasteiger partial charge in [-0.25, -0.2) is 13.2 Å². The SMILES string of the molecule is CC(C)(C(=O)N1CCOc2c(Br)ccc(F)c2C1)C(F)F. The predicted molar refractivity (Wildman–Crippen MR) is 74.8 cm³/mol. The zero-order valence-corrected chi connectivity index (χ0v) is 13.2. The molecule has 0 fully saturated rings. The molecule has 1 aromatic rings. The van der Waals surface area contributed by atoms with Gasteiger partial charge >= 0.3 is 0 Å². The fourth-order valence-electron chi connectivity index (χ4n) is 2.08. The van der Waals surface area contributed by atoms with Gasteiger partial charge in [-0.1, -0.05) is 0 Å². The summed E-state index contributed by atoms with van der Waals surface area (Å²) in [6, 6.07) is 2.76. The minimum Gasteiger partial charge on any atom is -0.490 e. The van der Waals surface area contributed by atoms with Crippen molar-refractivity contribution in [3.8, 4) is 5.75 Å². The molecule has 0 aliphatic carbocycles. The highest BCUT2D eigenvalue weighted by Crippen LogP contribution is 2.35. The number of carbonyl (C=O) groups is 1. The molecule has 21 heavy (non-hydrogen) atoms. The van der Waals surface area contributed by atoms with Crippen molar-refractivity contribution in [2.45, 2.75) is 26.8 Å². The third kappa shape index (κ3) is 3.02. The summed E-state index contributed by atoms with van der Waals surface area (Å²) in [5.41, 5.74) is -1.62. The Balaban J connectivity index is 2.33. The van der Waals surface area contributed by atoms with Crippen LogP contribution in [-0.2, 0) is 11.3 Å². The summed E-state index contributed by atoms with van der Waals surface area (Å²) in [5.74, 6) is -0.920. The Labute approximate surface area is 129 Å². The Bertz CT molecular complexity index is 563. The lowest BCUT2D eigenvalue weighted by molar-refractivity contribution is -0.149. The number of carbonyl (C=O) groups excluding carboxylic acids is 1. The molecule has 0 saturated heterocycles. The van der Waals surface area contributed by atoms with Crippen molar-refractivity contribution in [2.24, 2.45) is 5.41 Å². The number of hydrogen-bond donors (Lipinski definition) is 0. The van der Waals surface area contributed by atoms with Crippen molar-refractivity contribution in [1.82, 2.24) is 4.90 Å². The molecule has 1 aliphatic heterocycles. The van der Waals surface area contributed by atoms with Gasteiger partial charge in [-0.3, -0.25) is 4.79 Å². The van der Waals surface area contributed by atoms with Gasteiger partial charge in [0.2, 0.25) is 5.91 Å². The van der Waals surface area contributed by atoms with Crippen LogP contribution in [0.3, 0.4) is 0 Å². The number of rotatable bonds is 2. The zero-order valence-electron chi connectivity index (χ0n) is 11.6.